The smallest absolute Gasteiger partial charge is 0.812 e. The standard InChI is InChI=1S/C5H11.C3H6N.Y/c1-4-5(2)3;1-3(2)4;/h4H2,1-3H3;1-2H3;/q2*-1;+3. The summed E-state index contributed by atoms with van der Waals surface area (Å²) in [6.45, 7) is 9.72. The van der Waals surface area contributed by atoms with E-state index in [2.05, 4.69) is 20.8 Å². The predicted octanol–water partition coefficient (Wildman–Crippen LogP) is 3.04. The molecular formula is C8H17NY+. The van der Waals surface area contributed by atoms with Crippen molar-refractivity contribution in [3.8, 4) is 0 Å². The van der Waals surface area contributed by atoms with E-state index in [1.807, 2.05) is 0 Å². The minimum Gasteiger partial charge on any atom is -0.812 e. The van der Waals surface area contributed by atoms with Crippen LogP contribution in [0.25, 0.3) is 5.41 Å². The topological polar surface area (TPSA) is 22.3 Å². The quantitative estimate of drug-likeness (QED) is 0.475. The first kappa shape index (κ1) is 17.0. The van der Waals surface area contributed by atoms with E-state index in [0.717, 1.165) is 0 Å². The molecule has 0 aromatic heterocycles. The van der Waals surface area contributed by atoms with Crippen LogP contribution in [0.5, 0.6) is 0 Å². The maximum Gasteiger partial charge on any atom is 3.00 e. The summed E-state index contributed by atoms with van der Waals surface area (Å²) in [7, 11) is 0. The van der Waals surface area contributed by atoms with Gasteiger partial charge in [-0.3, -0.25) is 0 Å². The second-order valence-corrected chi connectivity index (χ2v) is 2.51. The molecule has 0 aliphatic carbocycles. The molecule has 0 aromatic rings. The summed E-state index contributed by atoms with van der Waals surface area (Å²) in [4.78, 5) is 0. The third kappa shape index (κ3) is 68.9. The summed E-state index contributed by atoms with van der Waals surface area (Å²) in [6, 6.07) is 0. The SMILES string of the molecule is CC(C)=[N-].CC[C-](C)C.[Y+3]. The minimum atomic E-state index is 0. The summed E-state index contributed by atoms with van der Waals surface area (Å²) in [5.41, 5.74) is 0.417. The second-order valence-electron chi connectivity index (χ2n) is 2.51. The van der Waals surface area contributed by atoms with Crippen molar-refractivity contribution in [2.24, 2.45) is 0 Å². The summed E-state index contributed by atoms with van der Waals surface area (Å²) >= 11 is 0. The molecule has 0 aliphatic heterocycles. The molecule has 0 aliphatic rings. The van der Waals surface area contributed by atoms with Gasteiger partial charge in [-0.1, -0.05) is 20.8 Å². The molecule has 0 bridgehead atoms. The van der Waals surface area contributed by atoms with Crippen LogP contribution in [0, 0.1) is 5.92 Å². The zero-order chi connectivity index (χ0) is 7.86. The summed E-state index contributed by atoms with van der Waals surface area (Å²) in [6.07, 6.45) is 1.22. The molecule has 2 heteroatoms. The molecule has 1 nitrogen and oxygen atoms in total. The van der Waals surface area contributed by atoms with Gasteiger partial charge in [0, 0.05) is 0 Å². The summed E-state index contributed by atoms with van der Waals surface area (Å²) in [5.74, 6) is 1.50. The number of nitrogens with zero attached hydrogens (tertiary/aromatic N) is 1. The molecule has 0 N–H and O–H groups in total. The van der Waals surface area contributed by atoms with E-state index in [9.17, 15) is 0 Å². The Bertz CT molecular complexity index is 65.7. The second kappa shape index (κ2) is 12.5. The zero-order valence-corrected chi connectivity index (χ0v) is 10.6. The molecule has 0 radical (unpaired) electrons. The van der Waals surface area contributed by atoms with E-state index in [0.29, 0.717) is 5.71 Å². The first-order valence-corrected chi connectivity index (χ1v) is 3.28. The van der Waals surface area contributed by atoms with Gasteiger partial charge in [-0.05, 0) is 0 Å². The Morgan fingerprint density at radius 1 is 1.30 bits per heavy atom. The van der Waals surface area contributed by atoms with Gasteiger partial charge in [-0.2, -0.15) is 20.3 Å². The Morgan fingerprint density at radius 3 is 1.40 bits per heavy atom. The molecule has 0 amide bonds. The van der Waals surface area contributed by atoms with Gasteiger partial charge in [0.25, 0.3) is 0 Å². The molecule has 0 fully saturated rings. The molecule has 0 heterocycles. The largest absolute Gasteiger partial charge is 3.00 e. The molecule has 0 unspecified atom stereocenters. The van der Waals surface area contributed by atoms with Crippen molar-refractivity contribution in [3.63, 3.8) is 0 Å². The van der Waals surface area contributed by atoms with Crippen molar-refractivity contribution >= 4 is 5.71 Å². The van der Waals surface area contributed by atoms with Crippen LogP contribution in [-0.4, -0.2) is 5.71 Å². The number of rotatable bonds is 1. The van der Waals surface area contributed by atoms with E-state index in [4.69, 9.17) is 5.41 Å². The van der Waals surface area contributed by atoms with Crippen LogP contribution in [0.1, 0.15) is 41.0 Å². The van der Waals surface area contributed by atoms with E-state index in [-0.39, 0.29) is 32.7 Å². The third-order valence-electron chi connectivity index (χ3n) is 0.707. The molecular weight excluding hydrogens is 199 g/mol. The first-order valence-electron chi connectivity index (χ1n) is 3.28. The molecule has 0 saturated heterocycles. The normalized spacial score (nSPS) is 7.40. The number of hydrogen-bond acceptors (Lipinski definition) is 0. The van der Waals surface area contributed by atoms with E-state index in [1.54, 1.807) is 13.8 Å². The zero-order valence-electron chi connectivity index (χ0n) is 7.73. The average Bonchev–Trinajstić information content (AvgIpc) is 1.65. The van der Waals surface area contributed by atoms with Crippen molar-refractivity contribution in [2.45, 2.75) is 41.0 Å². The van der Waals surface area contributed by atoms with Crippen LogP contribution in [0.15, 0.2) is 0 Å². The van der Waals surface area contributed by atoms with Crippen molar-refractivity contribution in [1.29, 1.82) is 0 Å². The van der Waals surface area contributed by atoms with Gasteiger partial charge < -0.3 is 11.3 Å². The Kier molecular flexibility index (Phi) is 21.2. The van der Waals surface area contributed by atoms with Gasteiger partial charge in [0.05, 0.1) is 0 Å². The van der Waals surface area contributed by atoms with Crippen LogP contribution in [-0.2, 0) is 32.7 Å². The molecule has 0 aromatic carbocycles. The monoisotopic (exact) mass is 216 g/mol. The Labute approximate surface area is 90.4 Å². The Balaban J connectivity index is -0.0000000910. The Morgan fingerprint density at radius 2 is 1.40 bits per heavy atom. The molecule has 56 valence electrons. The van der Waals surface area contributed by atoms with Crippen molar-refractivity contribution < 1.29 is 32.7 Å². The maximum absolute atomic E-state index is 7.97. The fourth-order valence-electron chi connectivity index (χ4n) is 0. The van der Waals surface area contributed by atoms with Crippen LogP contribution in [0.4, 0.5) is 0 Å². The summed E-state index contributed by atoms with van der Waals surface area (Å²) in [5, 5.41) is 7.97. The maximum atomic E-state index is 7.97. The van der Waals surface area contributed by atoms with Crippen molar-refractivity contribution in [1.82, 2.24) is 0 Å². The molecule has 0 spiro atoms. The van der Waals surface area contributed by atoms with Gasteiger partial charge in [0.1, 0.15) is 0 Å². The van der Waals surface area contributed by atoms with Crippen LogP contribution >= 0.6 is 0 Å². The van der Waals surface area contributed by atoms with Crippen LogP contribution in [0.3, 0.4) is 0 Å². The summed E-state index contributed by atoms with van der Waals surface area (Å²) < 4.78 is 0. The van der Waals surface area contributed by atoms with Gasteiger partial charge >= 0.3 is 32.7 Å². The molecule has 0 rings (SSSR count). The molecule has 0 atom stereocenters. The first-order chi connectivity index (χ1) is 4.00. The fourth-order valence-corrected chi connectivity index (χ4v) is 0. The van der Waals surface area contributed by atoms with E-state index < -0.39 is 0 Å². The molecule has 10 heavy (non-hydrogen) atoms. The predicted molar refractivity (Wildman–Crippen MR) is 44.6 cm³/mol. The van der Waals surface area contributed by atoms with Gasteiger partial charge in [-0.25, -0.2) is 5.71 Å². The fraction of sp³-hybridized carbons (Fsp3) is 0.750. The average molecular weight is 216 g/mol. The van der Waals surface area contributed by atoms with Crippen LogP contribution < -0.4 is 0 Å². The van der Waals surface area contributed by atoms with Crippen molar-refractivity contribution in [2.75, 3.05) is 0 Å². The van der Waals surface area contributed by atoms with Crippen LogP contribution in [0.2, 0.25) is 0 Å². The van der Waals surface area contributed by atoms with E-state index in [1.165, 1.54) is 12.3 Å². The van der Waals surface area contributed by atoms with Crippen molar-refractivity contribution in [3.05, 3.63) is 11.3 Å². The van der Waals surface area contributed by atoms with Gasteiger partial charge in [0.15, 0.2) is 0 Å². The third-order valence-corrected chi connectivity index (χ3v) is 0.707. The van der Waals surface area contributed by atoms with E-state index >= 15 is 0 Å². The van der Waals surface area contributed by atoms with Gasteiger partial charge in [-0.15, -0.1) is 0 Å². The Hall–Kier alpha value is 0.774. The minimum absolute atomic E-state index is 0. The molecule has 0 saturated carbocycles. The number of hydrogen-bond donors (Lipinski definition) is 0. The van der Waals surface area contributed by atoms with Gasteiger partial charge in [0.2, 0.25) is 0 Å².